The highest BCUT2D eigenvalue weighted by Gasteiger charge is 2.48. The van der Waals surface area contributed by atoms with E-state index in [2.05, 4.69) is 70.7 Å². The quantitative estimate of drug-likeness (QED) is 0.569. The van der Waals surface area contributed by atoms with E-state index in [4.69, 9.17) is 7.57 Å². The highest BCUT2D eigenvalue weighted by atomic mass is 31.2. The van der Waals surface area contributed by atoms with Crippen molar-refractivity contribution in [2.24, 2.45) is 0 Å². The van der Waals surface area contributed by atoms with Crippen LogP contribution in [-0.4, -0.2) is 26.6 Å². The molecule has 0 aliphatic heterocycles. The summed E-state index contributed by atoms with van der Waals surface area (Å²) in [6, 6.07) is 10.8. The predicted molar refractivity (Wildman–Crippen MR) is 86.7 cm³/mol. The van der Waals surface area contributed by atoms with Gasteiger partial charge >= 0.3 is 7.57 Å². The van der Waals surface area contributed by atoms with Gasteiger partial charge in [-0.3, -0.25) is 0 Å². The summed E-state index contributed by atoms with van der Waals surface area (Å²) in [6.07, 6.45) is 0. The topological polar surface area (TPSA) is 0 Å². The molecule has 0 fully saturated rings. The summed E-state index contributed by atoms with van der Waals surface area (Å²) in [5, 5.41) is 1.57. The Hall–Kier alpha value is -0.0682. The fourth-order valence-corrected chi connectivity index (χ4v) is 12.3. The van der Waals surface area contributed by atoms with Crippen molar-refractivity contribution >= 4 is 28.1 Å². The second kappa shape index (κ2) is 4.90. The molecule has 1 aromatic carbocycles. The molecule has 0 saturated carbocycles. The number of hydrogen-bond acceptors (Lipinski definition) is 0. The van der Waals surface area contributed by atoms with E-state index < -0.39 is 15.2 Å². The zero-order valence-electron chi connectivity index (χ0n) is 12.1. The molecule has 0 amide bonds. The molecule has 0 aromatic heterocycles. The van der Waals surface area contributed by atoms with Crippen molar-refractivity contribution in [2.75, 3.05) is 5.79 Å². The Balaban J connectivity index is 3.22. The molecule has 0 aliphatic rings. The van der Waals surface area contributed by atoms with Gasteiger partial charge < -0.3 is 0 Å². The highest BCUT2D eigenvalue weighted by molar-refractivity contribution is 8.05. The molecule has 1 unspecified atom stereocenters. The van der Waals surface area contributed by atoms with Crippen LogP contribution in [-0.2, 0) is 0 Å². The third-order valence-electron chi connectivity index (χ3n) is 3.14. The molecule has 17 heavy (non-hydrogen) atoms. The average Bonchev–Trinajstić information content (AvgIpc) is 2.14. The fraction of sp³-hybridized carbons (Fsp3) is 0.571. The summed E-state index contributed by atoms with van der Waals surface area (Å²) in [6.45, 7) is 14.2. The molecule has 0 heterocycles. The lowest BCUT2D eigenvalue weighted by atomic mass is 10.2. The van der Waals surface area contributed by atoms with Gasteiger partial charge in [-0.05, 0) is 40.0 Å². The van der Waals surface area contributed by atoms with Crippen LogP contribution in [0.2, 0.25) is 19.6 Å². The zero-order valence-corrected chi connectivity index (χ0v) is 14.0. The maximum absolute atomic E-state index is 6.93. The van der Waals surface area contributed by atoms with Gasteiger partial charge in [0.1, 0.15) is 0 Å². The summed E-state index contributed by atoms with van der Waals surface area (Å²) in [5.41, 5.74) is 0. The van der Waals surface area contributed by atoms with E-state index in [-0.39, 0.29) is 5.16 Å². The molecule has 0 nitrogen and oxygen atoms in total. The minimum Gasteiger partial charge on any atom is -0.0664 e. The summed E-state index contributed by atoms with van der Waals surface area (Å²) < 4.78 is 0. The maximum atomic E-state index is 6.93. The molecule has 1 aromatic rings. The van der Waals surface area contributed by atoms with Gasteiger partial charge in [0.25, 0.3) is 0 Å². The molecule has 3 heteroatoms. The second-order valence-electron chi connectivity index (χ2n) is 7.09. The van der Waals surface area contributed by atoms with E-state index in [1.54, 1.807) is 0 Å². The molecule has 1 atom stereocenters. The van der Waals surface area contributed by atoms with Crippen molar-refractivity contribution in [1.29, 1.82) is 0 Å². The first kappa shape index (κ1) is 15.0. The van der Waals surface area contributed by atoms with Gasteiger partial charge in [0.05, 0.1) is 18.5 Å². The van der Waals surface area contributed by atoms with Crippen LogP contribution >= 0.6 is 7.14 Å². The van der Waals surface area contributed by atoms with E-state index in [0.717, 1.165) is 0 Å². The van der Waals surface area contributed by atoms with Crippen molar-refractivity contribution in [1.82, 2.24) is 0 Å². The van der Waals surface area contributed by atoms with Gasteiger partial charge in [-0.1, -0.05) is 37.8 Å². The van der Waals surface area contributed by atoms with Crippen LogP contribution in [0.15, 0.2) is 30.3 Å². The first-order chi connectivity index (χ1) is 7.56. The van der Waals surface area contributed by atoms with Crippen LogP contribution < -0.4 is 5.30 Å². The second-order valence-corrected chi connectivity index (χ2v) is 17.1. The average molecular weight is 263 g/mol. The van der Waals surface area contributed by atoms with E-state index >= 15 is 0 Å². The lowest BCUT2D eigenvalue weighted by molar-refractivity contribution is 0.785. The van der Waals surface area contributed by atoms with Gasteiger partial charge in [0.2, 0.25) is 0 Å². The predicted octanol–water partition coefficient (Wildman–Crippen LogP) is 4.09. The molecular weight excluding hydrogens is 238 g/mol. The summed E-state index contributed by atoms with van der Waals surface area (Å²) in [4.78, 5) is 0. The minimum atomic E-state index is -1.57. The summed E-state index contributed by atoms with van der Waals surface area (Å²) in [5.74, 6) is 1.23. The zero-order chi connectivity index (χ0) is 13.3. The van der Waals surface area contributed by atoms with Crippen LogP contribution in [0.3, 0.4) is 0 Å². The monoisotopic (exact) mass is 263 g/mol. The Bertz CT molecular complexity index is 364. The number of rotatable bonds is 3. The van der Waals surface area contributed by atoms with Crippen molar-refractivity contribution in [3.63, 3.8) is 0 Å². The van der Waals surface area contributed by atoms with E-state index in [1.807, 2.05) is 0 Å². The highest BCUT2D eigenvalue weighted by Crippen LogP contribution is 2.64. The van der Waals surface area contributed by atoms with Crippen molar-refractivity contribution in [2.45, 2.75) is 45.6 Å². The van der Waals surface area contributed by atoms with Crippen molar-refractivity contribution < 1.29 is 0 Å². The molecular formula is C14H25BPSi+. The van der Waals surface area contributed by atoms with Gasteiger partial charge in [-0.2, -0.15) is 0 Å². The van der Waals surface area contributed by atoms with Gasteiger partial charge in [-0.25, -0.2) is 0 Å². The largest absolute Gasteiger partial charge is 0.371 e. The lowest BCUT2D eigenvalue weighted by Gasteiger charge is -2.39. The molecule has 1 rings (SSSR count). The smallest absolute Gasteiger partial charge is 0.0664 e. The third kappa shape index (κ3) is 3.69. The lowest BCUT2D eigenvalue weighted by Crippen LogP contribution is -2.39. The van der Waals surface area contributed by atoms with Gasteiger partial charge in [-0.15, -0.1) is 0 Å². The Labute approximate surface area is 110 Å². The van der Waals surface area contributed by atoms with E-state index in [0.29, 0.717) is 0 Å². The van der Waals surface area contributed by atoms with Crippen molar-refractivity contribution in [3.8, 4) is 0 Å². The fourth-order valence-electron chi connectivity index (χ4n) is 2.16. The SMILES string of the molecule is [B][P+](C[Si](C)(C)C)(c1ccccc1)C(C)(C)C. The van der Waals surface area contributed by atoms with E-state index in [1.165, 1.54) is 11.1 Å². The molecule has 0 spiro atoms. The Morgan fingerprint density at radius 3 is 1.88 bits per heavy atom. The van der Waals surface area contributed by atoms with Crippen LogP contribution in [0.1, 0.15) is 20.8 Å². The Morgan fingerprint density at radius 1 is 1.06 bits per heavy atom. The third-order valence-corrected chi connectivity index (χ3v) is 12.5. The molecule has 92 valence electrons. The summed E-state index contributed by atoms with van der Waals surface area (Å²) >= 11 is 0. The normalized spacial score (nSPS) is 16.6. The van der Waals surface area contributed by atoms with Crippen LogP contribution in [0.4, 0.5) is 0 Å². The standard InChI is InChI=1S/C14H25BPSi/c1-14(2,3)16(15,12-17(4,5)6)13-10-8-7-9-11-13/h7-11H,12H2,1-6H3/q+1. The first-order valence-electron chi connectivity index (χ1n) is 6.29. The molecule has 0 aliphatic carbocycles. The van der Waals surface area contributed by atoms with Gasteiger partial charge in [0.15, 0.2) is 0 Å². The van der Waals surface area contributed by atoms with Crippen LogP contribution in [0, 0.1) is 0 Å². The van der Waals surface area contributed by atoms with Crippen LogP contribution in [0.5, 0.6) is 0 Å². The Morgan fingerprint density at radius 2 is 1.53 bits per heavy atom. The molecule has 2 radical (unpaired) electrons. The number of hydrogen-bond donors (Lipinski definition) is 0. The van der Waals surface area contributed by atoms with E-state index in [9.17, 15) is 0 Å². The van der Waals surface area contributed by atoms with Gasteiger partial charge in [0, 0.05) is 5.79 Å². The molecule has 0 saturated heterocycles. The minimum absolute atomic E-state index is 0.189. The maximum Gasteiger partial charge on any atom is 0.371 e. The van der Waals surface area contributed by atoms with Crippen molar-refractivity contribution in [3.05, 3.63) is 30.3 Å². The number of benzene rings is 1. The first-order valence-corrected chi connectivity index (χ1v) is 12.0. The molecule has 0 bridgehead atoms. The molecule has 0 N–H and O–H groups in total. The summed E-state index contributed by atoms with van der Waals surface area (Å²) in [7, 11) is 4.20. The van der Waals surface area contributed by atoms with Crippen LogP contribution in [0.25, 0.3) is 0 Å². The Kier molecular flexibility index (Phi) is 4.32.